The standard InChI is InChI=1S/C12H14Cl3NO/c1-16(12(17)3-2-6-13)8-9-4-5-10(14)7-11(9)15/h4-5,7H,2-3,6,8H2,1H3. The topological polar surface area (TPSA) is 20.3 Å². The van der Waals surface area contributed by atoms with Gasteiger partial charge in [0.2, 0.25) is 5.91 Å². The average Bonchev–Trinajstić information content (AvgIpc) is 2.29. The molecule has 5 heteroatoms. The SMILES string of the molecule is CN(Cc1ccc(Cl)cc1Cl)C(=O)CCCCl. The molecule has 0 heterocycles. The Balaban J connectivity index is 2.61. The molecule has 17 heavy (non-hydrogen) atoms. The van der Waals surface area contributed by atoms with Gasteiger partial charge in [-0.3, -0.25) is 4.79 Å². The molecule has 0 bridgehead atoms. The van der Waals surface area contributed by atoms with E-state index in [9.17, 15) is 4.79 Å². The minimum Gasteiger partial charge on any atom is -0.341 e. The van der Waals surface area contributed by atoms with E-state index in [1.165, 1.54) is 0 Å². The van der Waals surface area contributed by atoms with Crippen molar-refractivity contribution in [3.05, 3.63) is 33.8 Å². The van der Waals surface area contributed by atoms with Crippen molar-refractivity contribution < 1.29 is 4.79 Å². The second-order valence-corrected chi connectivity index (χ2v) is 5.00. The van der Waals surface area contributed by atoms with Gasteiger partial charge in [-0.2, -0.15) is 0 Å². The number of halogens is 3. The van der Waals surface area contributed by atoms with Crippen LogP contribution in [0, 0.1) is 0 Å². The summed E-state index contributed by atoms with van der Waals surface area (Å²) >= 11 is 17.4. The largest absolute Gasteiger partial charge is 0.341 e. The Morgan fingerprint density at radius 1 is 1.35 bits per heavy atom. The van der Waals surface area contributed by atoms with E-state index in [4.69, 9.17) is 34.8 Å². The van der Waals surface area contributed by atoms with E-state index < -0.39 is 0 Å². The highest BCUT2D eigenvalue weighted by molar-refractivity contribution is 6.35. The molecular weight excluding hydrogens is 280 g/mol. The molecular formula is C12H14Cl3NO. The molecule has 0 aliphatic heterocycles. The lowest BCUT2D eigenvalue weighted by atomic mass is 10.2. The third-order valence-electron chi connectivity index (χ3n) is 2.37. The van der Waals surface area contributed by atoms with Crippen LogP contribution in [0.25, 0.3) is 0 Å². The summed E-state index contributed by atoms with van der Waals surface area (Å²) in [4.78, 5) is 13.3. The van der Waals surface area contributed by atoms with E-state index in [0.717, 1.165) is 5.56 Å². The molecule has 0 radical (unpaired) electrons. The predicted molar refractivity (Wildman–Crippen MR) is 72.9 cm³/mol. The Kier molecular flexibility index (Phi) is 6.10. The Labute approximate surface area is 116 Å². The number of alkyl halides is 1. The van der Waals surface area contributed by atoms with Gasteiger partial charge >= 0.3 is 0 Å². The molecule has 0 unspecified atom stereocenters. The Bertz CT molecular complexity index is 395. The molecule has 0 fully saturated rings. The van der Waals surface area contributed by atoms with Crippen LogP contribution in [0.2, 0.25) is 10.0 Å². The fourth-order valence-electron chi connectivity index (χ4n) is 1.40. The molecule has 0 atom stereocenters. The van der Waals surface area contributed by atoms with Crippen LogP contribution in [0.15, 0.2) is 18.2 Å². The van der Waals surface area contributed by atoms with Crippen molar-refractivity contribution in [2.75, 3.05) is 12.9 Å². The predicted octanol–water partition coefficient (Wildman–Crippen LogP) is 3.97. The Morgan fingerprint density at radius 3 is 2.65 bits per heavy atom. The van der Waals surface area contributed by atoms with Crippen LogP contribution in [0.3, 0.4) is 0 Å². The normalized spacial score (nSPS) is 10.4. The van der Waals surface area contributed by atoms with Crippen LogP contribution < -0.4 is 0 Å². The van der Waals surface area contributed by atoms with Gasteiger partial charge in [0.05, 0.1) is 0 Å². The minimum absolute atomic E-state index is 0.0664. The summed E-state index contributed by atoms with van der Waals surface area (Å²) in [6.07, 6.45) is 1.16. The van der Waals surface area contributed by atoms with E-state index in [1.54, 1.807) is 24.1 Å². The quantitative estimate of drug-likeness (QED) is 0.753. The maximum absolute atomic E-state index is 11.7. The highest BCUT2D eigenvalue weighted by atomic mass is 35.5. The van der Waals surface area contributed by atoms with Crippen molar-refractivity contribution in [1.29, 1.82) is 0 Å². The minimum atomic E-state index is 0.0664. The number of carbonyl (C=O) groups excluding carboxylic acids is 1. The highest BCUT2D eigenvalue weighted by Gasteiger charge is 2.10. The van der Waals surface area contributed by atoms with Crippen molar-refractivity contribution in [2.24, 2.45) is 0 Å². The first kappa shape index (κ1) is 14.6. The fraction of sp³-hybridized carbons (Fsp3) is 0.417. The van der Waals surface area contributed by atoms with Gasteiger partial charge in [0.25, 0.3) is 0 Å². The molecule has 94 valence electrons. The average molecular weight is 295 g/mol. The van der Waals surface area contributed by atoms with E-state index in [1.807, 2.05) is 6.07 Å². The highest BCUT2D eigenvalue weighted by Crippen LogP contribution is 2.22. The van der Waals surface area contributed by atoms with Crippen LogP contribution in [0.1, 0.15) is 18.4 Å². The van der Waals surface area contributed by atoms with E-state index in [0.29, 0.717) is 35.3 Å². The Hall–Kier alpha value is -0.440. The van der Waals surface area contributed by atoms with E-state index in [2.05, 4.69) is 0 Å². The zero-order valence-electron chi connectivity index (χ0n) is 9.55. The second kappa shape index (κ2) is 7.10. The molecule has 0 aromatic heterocycles. The van der Waals surface area contributed by atoms with Crippen LogP contribution in [-0.4, -0.2) is 23.7 Å². The molecule has 0 aliphatic carbocycles. The third kappa shape index (κ3) is 4.74. The van der Waals surface area contributed by atoms with Gasteiger partial charge in [-0.25, -0.2) is 0 Å². The first-order chi connectivity index (χ1) is 8.04. The lowest BCUT2D eigenvalue weighted by Crippen LogP contribution is -2.26. The van der Waals surface area contributed by atoms with Crippen LogP contribution >= 0.6 is 34.8 Å². The van der Waals surface area contributed by atoms with Crippen molar-refractivity contribution >= 4 is 40.7 Å². The maximum Gasteiger partial charge on any atom is 0.222 e. The van der Waals surface area contributed by atoms with E-state index >= 15 is 0 Å². The van der Waals surface area contributed by atoms with Crippen molar-refractivity contribution in [3.63, 3.8) is 0 Å². The van der Waals surface area contributed by atoms with Gasteiger partial charge in [0.15, 0.2) is 0 Å². The third-order valence-corrected chi connectivity index (χ3v) is 3.23. The van der Waals surface area contributed by atoms with Crippen molar-refractivity contribution in [1.82, 2.24) is 4.90 Å². The number of nitrogens with zero attached hydrogens (tertiary/aromatic N) is 1. The summed E-state index contributed by atoms with van der Waals surface area (Å²) < 4.78 is 0. The first-order valence-corrected chi connectivity index (χ1v) is 6.57. The fourth-order valence-corrected chi connectivity index (χ4v) is 2.00. The van der Waals surface area contributed by atoms with Gasteiger partial charge in [-0.15, -0.1) is 11.6 Å². The van der Waals surface area contributed by atoms with Crippen molar-refractivity contribution in [3.8, 4) is 0 Å². The Morgan fingerprint density at radius 2 is 2.06 bits per heavy atom. The molecule has 0 saturated heterocycles. The van der Waals surface area contributed by atoms with Gasteiger partial charge in [-0.05, 0) is 24.1 Å². The number of benzene rings is 1. The van der Waals surface area contributed by atoms with Crippen molar-refractivity contribution in [2.45, 2.75) is 19.4 Å². The zero-order chi connectivity index (χ0) is 12.8. The molecule has 1 amide bonds. The summed E-state index contributed by atoms with van der Waals surface area (Å²) in [6, 6.07) is 5.27. The molecule has 0 aliphatic rings. The monoisotopic (exact) mass is 293 g/mol. The van der Waals surface area contributed by atoms with Gasteiger partial charge < -0.3 is 4.90 Å². The lowest BCUT2D eigenvalue weighted by Gasteiger charge is -2.17. The summed E-state index contributed by atoms with van der Waals surface area (Å²) in [5, 5.41) is 1.17. The summed E-state index contributed by atoms with van der Waals surface area (Å²) in [7, 11) is 1.75. The zero-order valence-corrected chi connectivity index (χ0v) is 11.8. The first-order valence-electron chi connectivity index (χ1n) is 5.28. The number of amides is 1. The second-order valence-electron chi connectivity index (χ2n) is 3.78. The van der Waals surface area contributed by atoms with Gasteiger partial charge in [0.1, 0.15) is 0 Å². The van der Waals surface area contributed by atoms with Crippen LogP contribution in [0.5, 0.6) is 0 Å². The number of rotatable bonds is 5. The molecule has 0 saturated carbocycles. The van der Waals surface area contributed by atoms with Gasteiger partial charge in [0, 0.05) is 35.9 Å². The molecule has 0 N–H and O–H groups in total. The van der Waals surface area contributed by atoms with E-state index in [-0.39, 0.29) is 5.91 Å². The number of hydrogen-bond acceptors (Lipinski definition) is 1. The molecule has 1 aromatic carbocycles. The molecule has 0 spiro atoms. The molecule has 1 rings (SSSR count). The van der Waals surface area contributed by atoms with Crippen LogP contribution in [0.4, 0.5) is 0 Å². The lowest BCUT2D eigenvalue weighted by molar-refractivity contribution is -0.130. The smallest absolute Gasteiger partial charge is 0.222 e. The summed E-state index contributed by atoms with van der Waals surface area (Å²) in [5.74, 6) is 0.568. The summed E-state index contributed by atoms with van der Waals surface area (Å²) in [6.45, 7) is 0.483. The number of hydrogen-bond donors (Lipinski definition) is 0. The van der Waals surface area contributed by atoms with Gasteiger partial charge in [-0.1, -0.05) is 29.3 Å². The molecule has 1 aromatic rings. The molecule has 2 nitrogen and oxygen atoms in total. The summed E-state index contributed by atoms with van der Waals surface area (Å²) in [5.41, 5.74) is 0.887. The number of carbonyl (C=O) groups is 1. The maximum atomic E-state index is 11.7. The van der Waals surface area contributed by atoms with Crippen LogP contribution in [-0.2, 0) is 11.3 Å².